The Bertz CT molecular complexity index is 3370. The molecule has 0 spiro atoms. The van der Waals surface area contributed by atoms with E-state index in [2.05, 4.69) is 84.3 Å². The first kappa shape index (κ1) is 146. The summed E-state index contributed by atoms with van der Waals surface area (Å²) in [5.41, 5.74) is 0.287. The van der Waals surface area contributed by atoms with Crippen molar-refractivity contribution < 1.29 is 154 Å². The van der Waals surface area contributed by atoms with E-state index in [-0.39, 0.29) is 250 Å². The first-order chi connectivity index (χ1) is 70.5. The number of carboxylic acids is 4. The Morgan fingerprint density at radius 2 is 0.397 bits per heavy atom. The maximum Gasteiger partial charge on any atom is 0.326 e. The highest BCUT2D eigenvalue weighted by molar-refractivity contribution is 8.12. The Morgan fingerprint density at radius 1 is 0.226 bits per heavy atom. The van der Waals surface area contributed by atoms with Gasteiger partial charge in [0.1, 0.15) is 18.1 Å². The normalized spacial score (nSPS) is 11.9. The predicted molar refractivity (Wildman–Crippen MR) is 592 cm³/mol. The van der Waals surface area contributed by atoms with Crippen molar-refractivity contribution >= 4 is 172 Å². The molecule has 0 radical (unpaired) electrons. The molecule has 850 valence electrons. The van der Waals surface area contributed by atoms with Crippen molar-refractivity contribution in [3.63, 3.8) is 0 Å². The van der Waals surface area contributed by atoms with Crippen LogP contribution < -0.4 is 16.0 Å². The fourth-order valence-electron chi connectivity index (χ4n) is 14.0. The van der Waals surface area contributed by atoms with Gasteiger partial charge in [0.2, 0.25) is 35.4 Å². The van der Waals surface area contributed by atoms with E-state index >= 15 is 0 Å². The van der Waals surface area contributed by atoms with Crippen LogP contribution in [0.1, 0.15) is 322 Å². The molecule has 0 aliphatic carbocycles. The van der Waals surface area contributed by atoms with E-state index < -0.39 is 42.0 Å². The summed E-state index contributed by atoms with van der Waals surface area (Å²) in [6.07, 6.45) is 38.2. The molecule has 0 fully saturated rings. The molecule has 0 saturated carbocycles. The number of carbonyl (C=O) groups excluding carboxylic acids is 12. The lowest BCUT2D eigenvalue weighted by Crippen LogP contribution is -2.42. The smallest absolute Gasteiger partial charge is 0.326 e. The zero-order chi connectivity index (χ0) is 109. The van der Waals surface area contributed by atoms with Gasteiger partial charge in [-0.05, 0) is 69.8 Å². The van der Waals surface area contributed by atoms with Crippen LogP contribution in [-0.2, 0) is 134 Å². The Labute approximate surface area is 889 Å². The molecule has 12 unspecified atom stereocenters. The van der Waals surface area contributed by atoms with Crippen LogP contribution in [0.5, 0.6) is 0 Å². The maximum atomic E-state index is 13.1. The van der Waals surface area contributed by atoms with Gasteiger partial charge in [0.25, 0.3) is 0 Å². The molecule has 38 nitrogen and oxygen atoms in total. The molecule has 7 N–H and O–H groups in total. The first-order valence-electron chi connectivity index (χ1n) is 52.9. The largest absolute Gasteiger partial charge is 0.481 e. The van der Waals surface area contributed by atoms with Crippen LogP contribution in [0.4, 0.5) is 0 Å². The summed E-state index contributed by atoms with van der Waals surface area (Å²) in [6, 6.07) is -3.49. The van der Waals surface area contributed by atoms with Crippen LogP contribution in [-0.4, -0.2) is 344 Å². The Hall–Kier alpha value is -3.89. The predicted octanol–water partition coefficient (Wildman–Crippen LogP) is 14.4. The number of aliphatic carboxylic acids is 4. The summed E-state index contributed by atoms with van der Waals surface area (Å²) in [7, 11) is 14.0. The summed E-state index contributed by atoms with van der Waals surface area (Å²) in [6.45, 7) is 13.0. The second kappa shape index (κ2) is 111. The van der Waals surface area contributed by atoms with Crippen LogP contribution in [0.2, 0.25) is 0 Å². The number of hydrogen-bond acceptors (Lipinski definition) is 28. The van der Waals surface area contributed by atoms with Gasteiger partial charge >= 0.3 is 23.9 Å². The molecule has 0 heterocycles. The van der Waals surface area contributed by atoms with E-state index in [1.807, 2.05) is 0 Å². The minimum absolute atomic E-state index is 0.0251. The molecule has 0 aliphatic heterocycles. The molecular weight excluding hydrogens is 2060 g/mol. The summed E-state index contributed by atoms with van der Waals surface area (Å²) >= 11 is 0. The molecule has 0 aromatic rings. The third kappa shape index (κ3) is 106. The molecule has 12 atom stereocenters. The minimum atomic E-state index is -1.21. The van der Waals surface area contributed by atoms with E-state index in [0.29, 0.717) is 170 Å². The fraction of sp³-hybridized carbons (Fsp3) is 0.838. The van der Waals surface area contributed by atoms with Crippen molar-refractivity contribution in [1.82, 2.24) is 30.7 Å². The third-order valence-electron chi connectivity index (χ3n) is 22.6. The number of nitrogens with zero attached hydrogens (tertiary/aromatic N) is 3. The van der Waals surface area contributed by atoms with Gasteiger partial charge in [-0.1, -0.05) is 221 Å². The van der Waals surface area contributed by atoms with Gasteiger partial charge < -0.3 is 108 Å². The van der Waals surface area contributed by atoms with Gasteiger partial charge in [0.05, 0.1) is 159 Å². The zero-order valence-corrected chi connectivity index (χ0v) is 97.8. The van der Waals surface area contributed by atoms with Gasteiger partial charge in [-0.25, -0.2) is 14.4 Å². The van der Waals surface area contributed by atoms with Crippen LogP contribution in [0, 0.1) is 0 Å². The molecule has 6 amide bonds. The maximum absolute atomic E-state index is 13.1. The molecule has 47 heteroatoms. The number of carbonyl (C=O) groups is 16. The molecule has 0 aliphatic rings. The standard InChI is InChI=1S/C37H71N2O10P3.C31H57N2O12P3.C31H59N2O10P3/c1-2-3-4-5-6-7-8-9-10-11-12-13-14-15-16-17-33(40)38-32(37(44)45)18-19-34(41)39(22-26-48-30-28-46-24-20-35(42)50)23-27-49-31-29-47-25-21-36(43)52-51;34-26(9-7-5-3-1-2-4-6-8-10-28(36)37)32-25(31(40)41)11-12-27(35)33(15-19-44-23-21-42-17-13-29(38)46)16-20-45-24-22-43-18-14-30(39)48-47;1-2-3-4-5-6-7-8-9-10-11-27(34)32-26(31(38)39)12-13-28(35)33(16-20-42-24-22-40-18-14-29(36)44)17-21-43-25-23-41-19-15-30(37)46-45/h32,52H,2-31,50-51H2,1H3,(H,38,40)(H,44,45);25,48H,1-24,46-47H2,(H,32,34)(H,36,37)(H,40,41);26,46H,2-25,44-45H2,1H3,(H,32,34)(H,38,39). The number of rotatable bonds is 109. The molecule has 0 rings (SSSR count). The minimum Gasteiger partial charge on any atom is -0.481 e. The molecule has 0 aromatic heterocycles. The molecular formula is C99H187N6O32P9. The van der Waals surface area contributed by atoms with Gasteiger partial charge in [-0.15, -0.1) is 26.8 Å². The SMILES string of the molecule is CCCCCCCCCCCC(=O)NC(CCC(=O)N(CCOCCOCCC(=O)P)CCOCCOCCC(=O)PP)C(=O)O.CCCCCCCCCCCCCCCCCC(=O)NC(CCC(=O)N(CCOCCOCCC(=O)P)CCOCCOCCC(=O)PP)C(=O)O.O=C(O)CCCCCCCCCCC(=O)NC(CCC(=O)N(CCOCCOCCC(=O)P)CCOCCOCCC(=O)PP)C(=O)O. The number of unbranched alkanes of at least 4 members (excludes halogenated alkanes) is 29. The fourth-order valence-corrected chi connectivity index (χ4v) is 16.4. The monoisotopic (exact) mass is 2250 g/mol. The summed E-state index contributed by atoms with van der Waals surface area (Å²) in [4.78, 5) is 194. The lowest BCUT2D eigenvalue weighted by atomic mass is 10.0. The lowest BCUT2D eigenvalue weighted by Gasteiger charge is -2.24. The van der Waals surface area contributed by atoms with E-state index in [1.54, 1.807) is 9.80 Å². The van der Waals surface area contributed by atoms with E-state index in [0.717, 1.165) is 77.0 Å². The van der Waals surface area contributed by atoms with Crippen LogP contribution in [0.3, 0.4) is 0 Å². The van der Waals surface area contributed by atoms with Crippen molar-refractivity contribution in [2.45, 2.75) is 340 Å². The molecule has 0 aromatic carbocycles. The van der Waals surface area contributed by atoms with Crippen molar-refractivity contribution in [3.8, 4) is 0 Å². The van der Waals surface area contributed by atoms with Gasteiger partial charge in [0.15, 0.2) is 33.1 Å². The van der Waals surface area contributed by atoms with Crippen molar-refractivity contribution in [3.05, 3.63) is 0 Å². The van der Waals surface area contributed by atoms with Gasteiger partial charge in [0, 0.05) is 123 Å². The van der Waals surface area contributed by atoms with Crippen molar-refractivity contribution in [2.75, 3.05) is 198 Å². The van der Waals surface area contributed by atoms with Crippen LogP contribution in [0.15, 0.2) is 0 Å². The van der Waals surface area contributed by atoms with Crippen LogP contribution in [0.25, 0.3) is 0 Å². The summed E-state index contributed by atoms with van der Waals surface area (Å²) < 4.78 is 65.7. The molecule has 0 bridgehead atoms. The van der Waals surface area contributed by atoms with Crippen molar-refractivity contribution in [1.29, 1.82) is 0 Å². The second-order valence-electron chi connectivity index (χ2n) is 35.1. The molecule has 146 heavy (non-hydrogen) atoms. The van der Waals surface area contributed by atoms with E-state index in [9.17, 15) is 92.0 Å². The highest BCUT2D eigenvalue weighted by Gasteiger charge is 2.27. The second-order valence-corrected chi connectivity index (χ2v) is 42.2. The highest BCUT2D eigenvalue weighted by Crippen LogP contribution is 2.25. The summed E-state index contributed by atoms with van der Waals surface area (Å²) in [5, 5.41) is 45.4. The number of ether oxygens (including phenoxy) is 12. The average molecular weight is 2250 g/mol. The Kier molecular flexibility index (Phi) is 111. The topological polar surface area (TPSA) is 511 Å². The highest BCUT2D eigenvalue weighted by atomic mass is 32.0. The van der Waals surface area contributed by atoms with E-state index in [1.165, 1.54) is 108 Å². The third-order valence-corrected chi connectivity index (χ3v) is 28.1. The number of nitrogens with one attached hydrogen (secondary N) is 3. The molecule has 0 saturated heterocycles. The van der Waals surface area contributed by atoms with E-state index in [4.69, 9.17) is 61.9 Å². The number of amides is 6. The van der Waals surface area contributed by atoms with Gasteiger partial charge in [-0.3, -0.25) is 62.3 Å². The van der Waals surface area contributed by atoms with Crippen molar-refractivity contribution in [2.24, 2.45) is 0 Å². The zero-order valence-electron chi connectivity index (χ0n) is 87.9. The quantitative estimate of drug-likeness (QED) is 0.0220. The first-order valence-corrected chi connectivity index (χ1v) is 63.0. The van der Waals surface area contributed by atoms with Crippen LogP contribution >= 0.6 is 79.3 Å². The Balaban J connectivity index is -0.00000211. The average Bonchev–Trinajstić information content (AvgIpc) is 0.914. The lowest BCUT2D eigenvalue weighted by molar-refractivity contribution is -0.143. The number of hydrogen-bond donors (Lipinski definition) is 7. The Morgan fingerprint density at radius 3 is 0.568 bits per heavy atom. The van der Waals surface area contributed by atoms with Gasteiger partial charge in [-0.2, -0.15) is 0 Å². The number of carboxylic acid groups (broad SMARTS) is 4. The summed E-state index contributed by atoms with van der Waals surface area (Å²) in [5.74, 6) is -6.14.